The van der Waals surface area contributed by atoms with Crippen LogP contribution in [0.15, 0.2) is 59.8 Å². The molecule has 2 heterocycles. The molecule has 0 radical (unpaired) electrons. The lowest BCUT2D eigenvalue weighted by atomic mass is 9.85. The minimum absolute atomic E-state index is 0.0399. The van der Waals surface area contributed by atoms with Crippen LogP contribution in [-0.2, 0) is 26.0 Å². The second-order valence-corrected chi connectivity index (χ2v) is 14.6. The number of hydrogen-bond donors (Lipinski definition) is 3. The monoisotopic (exact) mass is 712 g/mol. The molecule has 0 spiro atoms. The molecule has 0 unspecified atom stereocenters. The summed E-state index contributed by atoms with van der Waals surface area (Å²) in [6.45, 7) is 0. The molecular formula is C30H28Cl4N4O6S. The van der Waals surface area contributed by atoms with E-state index in [4.69, 9.17) is 46.4 Å². The number of nitrogens with one attached hydrogen (secondary N) is 2. The predicted molar refractivity (Wildman–Crippen MR) is 172 cm³/mol. The van der Waals surface area contributed by atoms with Crippen LogP contribution in [0.25, 0.3) is 0 Å². The number of carbonyl (C=O) groups excluding carboxylic acids is 2. The number of halogens is 4. The van der Waals surface area contributed by atoms with Gasteiger partial charge >= 0.3 is 5.97 Å². The van der Waals surface area contributed by atoms with Crippen molar-refractivity contribution in [3.05, 3.63) is 86.1 Å². The first kappa shape index (κ1) is 33.4. The molecule has 4 atom stereocenters. The molecule has 1 saturated carbocycles. The summed E-state index contributed by atoms with van der Waals surface area (Å²) < 4.78 is 29.1. The number of benzene rings is 2. The summed E-state index contributed by atoms with van der Waals surface area (Å²) in [5.41, 5.74) is 1.02. The van der Waals surface area contributed by atoms with Gasteiger partial charge in [0.15, 0.2) is 0 Å². The zero-order chi connectivity index (χ0) is 32.5. The number of rotatable bonds is 9. The number of anilines is 1. The lowest BCUT2D eigenvalue weighted by molar-refractivity contribution is -0.142. The molecular weight excluding hydrogens is 686 g/mol. The first-order chi connectivity index (χ1) is 21.3. The Labute approximate surface area is 280 Å². The number of fused-ring (bicyclic) bond motifs is 1. The highest BCUT2D eigenvalue weighted by Crippen LogP contribution is 2.43. The van der Waals surface area contributed by atoms with E-state index in [1.807, 2.05) is 0 Å². The molecule has 45 heavy (non-hydrogen) atoms. The molecule has 3 aromatic rings. The standard InChI is InChI=1S/C30H28Cl4N4O6S/c31-18-11-19(32)13-21(12-18)45(43,44)38-25-4-2-1-3-17(25)10-26(38)28(39)37-24(30(41)42)9-16-5-7-20(8-6-16)36-29(40)27-22(33)14-35-15-23(27)34/h5-8,11-15,17,24-26H,1-4,9-10H2,(H,36,40)(H,37,39)(H,41,42)/t17-,24-,25-,26-/m0/s1. The molecule has 1 saturated heterocycles. The highest BCUT2D eigenvalue weighted by molar-refractivity contribution is 7.89. The summed E-state index contributed by atoms with van der Waals surface area (Å²) in [6, 6.07) is 7.51. The van der Waals surface area contributed by atoms with Gasteiger partial charge < -0.3 is 15.7 Å². The number of pyridine rings is 1. The van der Waals surface area contributed by atoms with Gasteiger partial charge in [0.2, 0.25) is 15.9 Å². The van der Waals surface area contributed by atoms with Gasteiger partial charge in [-0.05, 0) is 61.1 Å². The molecule has 3 N–H and O–H groups in total. The van der Waals surface area contributed by atoms with Crippen molar-refractivity contribution < 1.29 is 27.9 Å². The molecule has 238 valence electrons. The van der Waals surface area contributed by atoms with E-state index in [0.717, 1.165) is 19.3 Å². The van der Waals surface area contributed by atoms with Crippen LogP contribution in [0.5, 0.6) is 0 Å². The van der Waals surface area contributed by atoms with E-state index in [1.54, 1.807) is 24.3 Å². The van der Waals surface area contributed by atoms with Gasteiger partial charge in [-0.15, -0.1) is 0 Å². The van der Waals surface area contributed by atoms with E-state index in [1.165, 1.54) is 34.9 Å². The number of nitrogens with zero attached hydrogens (tertiary/aromatic N) is 2. The van der Waals surface area contributed by atoms with E-state index in [2.05, 4.69) is 15.6 Å². The third-order valence-electron chi connectivity index (χ3n) is 8.09. The molecule has 2 fully saturated rings. The Morgan fingerprint density at radius 3 is 2.20 bits per heavy atom. The van der Waals surface area contributed by atoms with Crippen molar-refractivity contribution in [1.29, 1.82) is 0 Å². The highest BCUT2D eigenvalue weighted by atomic mass is 35.5. The van der Waals surface area contributed by atoms with Crippen molar-refractivity contribution >= 4 is 79.9 Å². The second kappa shape index (κ2) is 13.8. The number of aliphatic carboxylic acids is 1. The number of amides is 2. The predicted octanol–water partition coefficient (Wildman–Crippen LogP) is 6.08. The summed E-state index contributed by atoms with van der Waals surface area (Å²) >= 11 is 24.3. The van der Waals surface area contributed by atoms with Crippen LogP contribution in [0.3, 0.4) is 0 Å². The van der Waals surface area contributed by atoms with Gasteiger partial charge in [0, 0.05) is 40.6 Å². The van der Waals surface area contributed by atoms with Crippen molar-refractivity contribution in [2.75, 3.05) is 5.32 Å². The van der Waals surface area contributed by atoms with E-state index in [-0.39, 0.29) is 49.3 Å². The largest absolute Gasteiger partial charge is 0.480 e. The van der Waals surface area contributed by atoms with Gasteiger partial charge in [-0.3, -0.25) is 14.6 Å². The first-order valence-corrected chi connectivity index (χ1v) is 17.0. The van der Waals surface area contributed by atoms with Crippen molar-refractivity contribution in [1.82, 2.24) is 14.6 Å². The van der Waals surface area contributed by atoms with Crippen LogP contribution < -0.4 is 10.6 Å². The normalized spacial score (nSPS) is 20.7. The quantitative estimate of drug-likeness (QED) is 0.244. The van der Waals surface area contributed by atoms with Gasteiger partial charge in [-0.25, -0.2) is 13.2 Å². The molecule has 10 nitrogen and oxygen atoms in total. The van der Waals surface area contributed by atoms with Gasteiger partial charge in [0.05, 0.1) is 20.5 Å². The summed E-state index contributed by atoms with van der Waals surface area (Å²) in [5.74, 6) is -2.56. The SMILES string of the molecule is O=C(Nc1ccc(C[C@H](NC(=O)[C@@H]2C[C@@H]3CCCC[C@@H]3N2S(=O)(=O)c2cc(Cl)cc(Cl)c2)C(=O)O)cc1)c1c(Cl)cncc1Cl. The van der Waals surface area contributed by atoms with Crippen molar-refractivity contribution in [3.63, 3.8) is 0 Å². The number of carbonyl (C=O) groups is 3. The number of hydrogen-bond acceptors (Lipinski definition) is 6. The van der Waals surface area contributed by atoms with Crippen molar-refractivity contribution in [2.24, 2.45) is 5.92 Å². The number of carboxylic acids is 1. The summed E-state index contributed by atoms with van der Waals surface area (Å²) in [5, 5.41) is 15.7. The molecule has 2 aromatic carbocycles. The molecule has 5 rings (SSSR count). The fourth-order valence-electron chi connectivity index (χ4n) is 6.04. The van der Waals surface area contributed by atoms with Crippen molar-refractivity contribution in [3.8, 4) is 0 Å². The second-order valence-electron chi connectivity index (χ2n) is 11.0. The van der Waals surface area contributed by atoms with Crippen LogP contribution in [0.4, 0.5) is 5.69 Å². The number of sulfonamides is 1. The molecule has 15 heteroatoms. The van der Waals surface area contributed by atoms with Crippen LogP contribution in [0.1, 0.15) is 48.0 Å². The smallest absolute Gasteiger partial charge is 0.326 e. The van der Waals surface area contributed by atoms with E-state index in [0.29, 0.717) is 17.7 Å². The van der Waals surface area contributed by atoms with E-state index < -0.39 is 45.9 Å². The van der Waals surface area contributed by atoms with E-state index in [9.17, 15) is 27.9 Å². The van der Waals surface area contributed by atoms with Gasteiger partial charge in [0.1, 0.15) is 12.1 Å². The molecule has 1 aliphatic heterocycles. The third kappa shape index (κ3) is 7.40. The molecule has 1 aromatic heterocycles. The Balaban J connectivity index is 1.32. The Hall–Kier alpha value is -2.93. The number of carboxylic acid groups (broad SMARTS) is 1. The summed E-state index contributed by atoms with van der Waals surface area (Å²) in [6.07, 6.45) is 5.87. The summed E-state index contributed by atoms with van der Waals surface area (Å²) in [4.78, 5) is 42.3. The van der Waals surface area contributed by atoms with Crippen LogP contribution in [-0.4, -0.2) is 58.7 Å². The average molecular weight is 714 g/mol. The van der Waals surface area contributed by atoms with E-state index >= 15 is 0 Å². The minimum Gasteiger partial charge on any atom is -0.480 e. The van der Waals surface area contributed by atoms with Crippen LogP contribution in [0, 0.1) is 5.92 Å². The molecule has 1 aliphatic carbocycles. The Bertz CT molecular complexity index is 1700. The topological polar surface area (TPSA) is 146 Å². The maximum absolute atomic E-state index is 13.9. The fraction of sp³-hybridized carbons (Fsp3) is 0.333. The van der Waals surface area contributed by atoms with Crippen LogP contribution >= 0.6 is 46.4 Å². The van der Waals surface area contributed by atoms with Gasteiger partial charge in [-0.2, -0.15) is 4.31 Å². The Morgan fingerprint density at radius 2 is 1.58 bits per heavy atom. The molecule has 2 aliphatic rings. The third-order valence-corrected chi connectivity index (χ3v) is 11.0. The molecule has 2 amide bonds. The lowest BCUT2D eigenvalue weighted by Gasteiger charge is -2.33. The maximum Gasteiger partial charge on any atom is 0.326 e. The Kier molecular flexibility index (Phi) is 10.3. The summed E-state index contributed by atoms with van der Waals surface area (Å²) in [7, 11) is -4.20. The number of aromatic nitrogens is 1. The average Bonchev–Trinajstić information content (AvgIpc) is 3.38. The minimum atomic E-state index is -4.20. The van der Waals surface area contributed by atoms with Crippen molar-refractivity contribution in [2.45, 2.75) is 61.5 Å². The highest BCUT2D eigenvalue weighted by Gasteiger charge is 2.51. The fourth-order valence-corrected chi connectivity index (χ4v) is 9.17. The first-order valence-electron chi connectivity index (χ1n) is 14.1. The zero-order valence-electron chi connectivity index (χ0n) is 23.6. The Morgan fingerprint density at radius 1 is 0.956 bits per heavy atom. The maximum atomic E-state index is 13.9. The van der Waals surface area contributed by atoms with Gasteiger partial charge in [-0.1, -0.05) is 71.4 Å². The van der Waals surface area contributed by atoms with Crippen LogP contribution in [0.2, 0.25) is 20.1 Å². The zero-order valence-corrected chi connectivity index (χ0v) is 27.4. The van der Waals surface area contributed by atoms with Gasteiger partial charge in [0.25, 0.3) is 5.91 Å². The molecule has 0 bridgehead atoms. The lowest BCUT2D eigenvalue weighted by Crippen LogP contribution is -2.53.